The van der Waals surface area contributed by atoms with E-state index in [0.717, 1.165) is 12.0 Å². The Bertz CT molecular complexity index is 137. The molecule has 2 atom stereocenters. The molecule has 0 aliphatic heterocycles. The van der Waals surface area contributed by atoms with E-state index in [2.05, 4.69) is 19.9 Å². The minimum atomic E-state index is 0.143. The molecule has 0 aliphatic rings. The molecule has 0 heterocycles. The second-order valence-electron chi connectivity index (χ2n) is 3.21. The zero-order chi connectivity index (χ0) is 9.56. The second-order valence-corrected chi connectivity index (χ2v) is 3.21. The maximum absolute atomic E-state index is 8.80. The number of rotatable bonds is 5. The third-order valence-electron chi connectivity index (χ3n) is 2.09. The normalized spacial score (nSPS) is 17.6. The Balaban J connectivity index is 4.07. The van der Waals surface area contributed by atoms with Gasteiger partial charge in [-0.3, -0.25) is 0 Å². The summed E-state index contributed by atoms with van der Waals surface area (Å²) in [6, 6.07) is 0. The predicted octanol–water partition coefficient (Wildman–Crippen LogP) is 1.99. The van der Waals surface area contributed by atoms with Gasteiger partial charge in [-0.1, -0.05) is 25.5 Å². The van der Waals surface area contributed by atoms with Crippen molar-refractivity contribution in [1.29, 1.82) is 0 Å². The number of aliphatic hydroxyl groups is 1. The number of aliphatic hydroxyl groups excluding tert-OH is 1. The van der Waals surface area contributed by atoms with Gasteiger partial charge in [0.25, 0.3) is 0 Å². The van der Waals surface area contributed by atoms with Crippen LogP contribution in [-0.4, -0.2) is 24.9 Å². The van der Waals surface area contributed by atoms with Crippen LogP contribution in [0.25, 0.3) is 0 Å². The summed E-state index contributed by atoms with van der Waals surface area (Å²) in [6.45, 7) is 6.28. The molecule has 72 valence electrons. The van der Waals surface area contributed by atoms with Crippen molar-refractivity contribution in [1.82, 2.24) is 0 Å². The Hall–Kier alpha value is -0.340. The van der Waals surface area contributed by atoms with E-state index in [1.54, 1.807) is 7.11 Å². The summed E-state index contributed by atoms with van der Waals surface area (Å²) >= 11 is 0. The van der Waals surface area contributed by atoms with Crippen molar-refractivity contribution in [2.45, 2.75) is 33.3 Å². The van der Waals surface area contributed by atoms with Crippen LogP contribution in [0.4, 0.5) is 0 Å². The highest BCUT2D eigenvalue weighted by Gasteiger charge is 2.11. The lowest BCUT2D eigenvalue weighted by Gasteiger charge is -2.18. The first kappa shape index (κ1) is 11.7. The van der Waals surface area contributed by atoms with E-state index in [0.29, 0.717) is 5.92 Å². The minimum absolute atomic E-state index is 0.143. The van der Waals surface area contributed by atoms with Crippen LogP contribution < -0.4 is 0 Å². The van der Waals surface area contributed by atoms with E-state index < -0.39 is 0 Å². The lowest BCUT2D eigenvalue weighted by atomic mass is 10.00. The van der Waals surface area contributed by atoms with Crippen molar-refractivity contribution < 1.29 is 9.84 Å². The molecule has 0 amide bonds. The fourth-order valence-electron chi connectivity index (χ4n) is 1.36. The van der Waals surface area contributed by atoms with Gasteiger partial charge in [0.1, 0.15) is 0 Å². The van der Waals surface area contributed by atoms with Crippen molar-refractivity contribution >= 4 is 0 Å². The highest BCUT2D eigenvalue weighted by molar-refractivity contribution is 5.01. The summed E-state index contributed by atoms with van der Waals surface area (Å²) in [7, 11) is 1.73. The maximum atomic E-state index is 8.80. The Morgan fingerprint density at radius 3 is 2.50 bits per heavy atom. The lowest BCUT2D eigenvalue weighted by molar-refractivity contribution is 0.0709. The fourth-order valence-corrected chi connectivity index (χ4v) is 1.36. The molecule has 1 N–H and O–H groups in total. The zero-order valence-electron chi connectivity index (χ0n) is 8.50. The number of hydrogen-bond acceptors (Lipinski definition) is 2. The molecule has 2 heteroatoms. The van der Waals surface area contributed by atoms with Crippen molar-refractivity contribution in [3.8, 4) is 0 Å². The molecular formula is C10H20O2. The molecule has 0 spiro atoms. The van der Waals surface area contributed by atoms with E-state index in [9.17, 15) is 0 Å². The first-order valence-electron chi connectivity index (χ1n) is 4.46. The van der Waals surface area contributed by atoms with Gasteiger partial charge in [0, 0.05) is 13.0 Å². The van der Waals surface area contributed by atoms with Gasteiger partial charge in [-0.05, 0) is 13.3 Å². The second kappa shape index (κ2) is 6.21. The summed E-state index contributed by atoms with van der Waals surface area (Å²) in [5.41, 5.74) is 1.01. The average molecular weight is 172 g/mol. The van der Waals surface area contributed by atoms with Crippen molar-refractivity contribution in [2.24, 2.45) is 5.92 Å². The van der Waals surface area contributed by atoms with Gasteiger partial charge < -0.3 is 9.84 Å². The molecule has 2 nitrogen and oxygen atoms in total. The predicted molar refractivity (Wildman–Crippen MR) is 51.1 cm³/mol. The van der Waals surface area contributed by atoms with Crippen LogP contribution in [0.15, 0.2) is 11.6 Å². The van der Waals surface area contributed by atoms with Crippen LogP contribution in [-0.2, 0) is 4.74 Å². The zero-order valence-corrected chi connectivity index (χ0v) is 8.50. The SMILES string of the molecule is CCC(OC)C(C)C=C(C)CO. The van der Waals surface area contributed by atoms with Gasteiger partial charge in [-0.2, -0.15) is 0 Å². The van der Waals surface area contributed by atoms with Crippen LogP contribution in [0.1, 0.15) is 27.2 Å². The molecule has 12 heavy (non-hydrogen) atoms. The molecule has 0 rings (SSSR count). The maximum Gasteiger partial charge on any atom is 0.0639 e. The summed E-state index contributed by atoms with van der Waals surface area (Å²) in [4.78, 5) is 0. The highest BCUT2D eigenvalue weighted by Crippen LogP contribution is 2.13. The molecule has 0 bridgehead atoms. The van der Waals surface area contributed by atoms with Gasteiger partial charge in [0.15, 0.2) is 0 Å². The van der Waals surface area contributed by atoms with Crippen molar-refractivity contribution in [3.63, 3.8) is 0 Å². The first-order chi connectivity index (χ1) is 5.65. The molecule has 0 saturated heterocycles. The average Bonchev–Trinajstić information content (AvgIpc) is 2.06. The molecule has 2 unspecified atom stereocenters. The van der Waals surface area contributed by atoms with E-state index >= 15 is 0 Å². The third-order valence-corrected chi connectivity index (χ3v) is 2.09. The number of ether oxygens (including phenoxy) is 1. The number of hydrogen-bond donors (Lipinski definition) is 1. The van der Waals surface area contributed by atoms with Crippen LogP contribution in [0.3, 0.4) is 0 Å². The standard InChI is InChI=1S/C10H20O2/c1-5-10(12-4)9(3)6-8(2)7-11/h6,9-11H,5,7H2,1-4H3. The van der Waals surface area contributed by atoms with Crippen LogP contribution in [0.2, 0.25) is 0 Å². The Morgan fingerprint density at radius 1 is 1.58 bits per heavy atom. The molecule has 0 fully saturated rings. The molecule has 0 aromatic rings. The summed E-state index contributed by atoms with van der Waals surface area (Å²) < 4.78 is 5.28. The Labute approximate surface area is 75.2 Å². The van der Waals surface area contributed by atoms with E-state index in [1.807, 2.05) is 6.92 Å². The van der Waals surface area contributed by atoms with Crippen LogP contribution in [0, 0.1) is 5.92 Å². The van der Waals surface area contributed by atoms with Crippen molar-refractivity contribution in [2.75, 3.05) is 13.7 Å². The van der Waals surface area contributed by atoms with Crippen LogP contribution >= 0.6 is 0 Å². The Morgan fingerprint density at radius 2 is 2.17 bits per heavy atom. The highest BCUT2D eigenvalue weighted by atomic mass is 16.5. The molecule has 0 radical (unpaired) electrons. The van der Waals surface area contributed by atoms with Gasteiger partial charge in [-0.25, -0.2) is 0 Å². The third kappa shape index (κ3) is 3.88. The Kier molecular flexibility index (Phi) is 6.03. The van der Waals surface area contributed by atoms with Gasteiger partial charge in [0.2, 0.25) is 0 Å². The first-order valence-corrected chi connectivity index (χ1v) is 4.46. The lowest BCUT2D eigenvalue weighted by Crippen LogP contribution is -2.18. The monoisotopic (exact) mass is 172 g/mol. The van der Waals surface area contributed by atoms with Gasteiger partial charge in [0.05, 0.1) is 12.7 Å². The van der Waals surface area contributed by atoms with Crippen molar-refractivity contribution in [3.05, 3.63) is 11.6 Å². The molecule has 0 aromatic carbocycles. The van der Waals surface area contributed by atoms with Crippen LogP contribution in [0.5, 0.6) is 0 Å². The molecule has 0 aromatic heterocycles. The topological polar surface area (TPSA) is 29.5 Å². The van der Waals surface area contributed by atoms with Gasteiger partial charge >= 0.3 is 0 Å². The quantitative estimate of drug-likeness (QED) is 0.643. The molecular weight excluding hydrogens is 152 g/mol. The summed E-state index contributed by atoms with van der Waals surface area (Å²) in [5, 5.41) is 8.80. The molecule has 0 aliphatic carbocycles. The smallest absolute Gasteiger partial charge is 0.0639 e. The molecule has 0 saturated carbocycles. The number of methoxy groups -OCH3 is 1. The van der Waals surface area contributed by atoms with E-state index in [-0.39, 0.29) is 12.7 Å². The van der Waals surface area contributed by atoms with E-state index in [1.165, 1.54) is 0 Å². The van der Waals surface area contributed by atoms with E-state index in [4.69, 9.17) is 9.84 Å². The summed E-state index contributed by atoms with van der Waals surface area (Å²) in [5.74, 6) is 0.382. The summed E-state index contributed by atoms with van der Waals surface area (Å²) in [6.07, 6.45) is 3.34. The fraction of sp³-hybridized carbons (Fsp3) is 0.800. The largest absolute Gasteiger partial charge is 0.392 e. The van der Waals surface area contributed by atoms with Gasteiger partial charge in [-0.15, -0.1) is 0 Å². The minimum Gasteiger partial charge on any atom is -0.392 e.